The Labute approximate surface area is 63.0 Å². The van der Waals surface area contributed by atoms with Gasteiger partial charge in [0.05, 0.1) is 0 Å². The van der Waals surface area contributed by atoms with Gasteiger partial charge in [-0.25, -0.2) is 4.39 Å². The van der Waals surface area contributed by atoms with Crippen LogP contribution in [0.3, 0.4) is 0 Å². The average Bonchev–Trinajstić information content (AvgIpc) is 2.05. The molecule has 0 bridgehead atoms. The zero-order chi connectivity index (χ0) is 8.27. The molecule has 0 saturated heterocycles. The van der Waals surface area contributed by atoms with Crippen LogP contribution in [0, 0.1) is 10.7 Å². The quantitative estimate of drug-likeness (QED) is 0.657. The molecule has 0 spiro atoms. The summed E-state index contributed by atoms with van der Waals surface area (Å²) in [6, 6.07) is 5.34. The van der Waals surface area contributed by atoms with E-state index in [1.165, 1.54) is 24.3 Å². The zero-order valence-electron chi connectivity index (χ0n) is 5.70. The summed E-state index contributed by atoms with van der Waals surface area (Å²) < 4.78 is 12.3. The summed E-state index contributed by atoms with van der Waals surface area (Å²) in [7, 11) is 0. The molecule has 1 atom stereocenters. The van der Waals surface area contributed by atoms with Gasteiger partial charge >= 0.3 is 0 Å². The lowest BCUT2D eigenvalue weighted by Gasteiger charge is -2.00. The highest BCUT2D eigenvalue weighted by atomic mass is 19.1. The van der Waals surface area contributed by atoms with Crippen LogP contribution in [0.4, 0.5) is 4.39 Å². The van der Waals surface area contributed by atoms with E-state index in [1.807, 2.05) is 0 Å². The van der Waals surface area contributed by atoms with E-state index in [4.69, 9.17) is 5.73 Å². The molecular weight excluding hydrogens is 147 g/mol. The standard InChI is InChI=1S/C7H7FN2O/c8-6-3-1-5(2-4-6)7(9)10-11/h1-4,7H,9H2. The van der Waals surface area contributed by atoms with Crippen LogP contribution in [-0.4, -0.2) is 0 Å². The number of nitroso groups, excluding NO2 is 1. The van der Waals surface area contributed by atoms with Gasteiger partial charge in [-0.3, -0.25) is 0 Å². The summed E-state index contributed by atoms with van der Waals surface area (Å²) in [5.41, 5.74) is 5.76. The predicted octanol–water partition coefficient (Wildman–Crippen LogP) is 1.55. The Morgan fingerprint density at radius 2 is 1.91 bits per heavy atom. The maximum Gasteiger partial charge on any atom is 0.165 e. The Hall–Kier alpha value is -1.29. The molecule has 0 aliphatic heterocycles. The molecule has 0 aliphatic rings. The average molecular weight is 154 g/mol. The van der Waals surface area contributed by atoms with Crippen molar-refractivity contribution < 1.29 is 4.39 Å². The van der Waals surface area contributed by atoms with Gasteiger partial charge in [-0.05, 0) is 22.9 Å². The van der Waals surface area contributed by atoms with Gasteiger partial charge in [-0.2, -0.15) is 0 Å². The van der Waals surface area contributed by atoms with Crippen molar-refractivity contribution in [1.29, 1.82) is 0 Å². The molecule has 11 heavy (non-hydrogen) atoms. The van der Waals surface area contributed by atoms with E-state index >= 15 is 0 Å². The van der Waals surface area contributed by atoms with Crippen molar-refractivity contribution in [2.75, 3.05) is 0 Å². The highest BCUT2D eigenvalue weighted by Crippen LogP contribution is 2.10. The van der Waals surface area contributed by atoms with Crippen molar-refractivity contribution in [3.63, 3.8) is 0 Å². The highest BCUT2D eigenvalue weighted by molar-refractivity contribution is 5.18. The molecular formula is C7H7FN2O. The molecule has 0 heterocycles. The van der Waals surface area contributed by atoms with Gasteiger partial charge in [0.1, 0.15) is 5.82 Å². The molecule has 0 fully saturated rings. The normalized spacial score (nSPS) is 12.5. The van der Waals surface area contributed by atoms with Crippen molar-refractivity contribution in [2.45, 2.75) is 6.17 Å². The van der Waals surface area contributed by atoms with Crippen LogP contribution >= 0.6 is 0 Å². The van der Waals surface area contributed by atoms with Crippen LogP contribution in [0.25, 0.3) is 0 Å². The van der Waals surface area contributed by atoms with Crippen LogP contribution in [0.15, 0.2) is 29.4 Å². The van der Waals surface area contributed by atoms with Gasteiger partial charge in [-0.1, -0.05) is 12.1 Å². The Kier molecular flexibility index (Phi) is 2.28. The molecule has 0 saturated carbocycles. The molecule has 1 aromatic rings. The smallest absolute Gasteiger partial charge is 0.165 e. The van der Waals surface area contributed by atoms with Gasteiger partial charge in [0, 0.05) is 0 Å². The second-order valence-corrected chi connectivity index (χ2v) is 2.10. The fourth-order valence-electron chi connectivity index (χ4n) is 0.721. The summed E-state index contributed by atoms with van der Waals surface area (Å²) in [6.45, 7) is 0. The molecule has 1 aromatic carbocycles. The second-order valence-electron chi connectivity index (χ2n) is 2.10. The highest BCUT2D eigenvalue weighted by Gasteiger charge is 2.03. The van der Waals surface area contributed by atoms with E-state index in [0.29, 0.717) is 5.56 Å². The molecule has 58 valence electrons. The maximum absolute atomic E-state index is 12.3. The predicted molar refractivity (Wildman–Crippen MR) is 39.1 cm³/mol. The lowest BCUT2D eigenvalue weighted by molar-refractivity contribution is 0.625. The van der Waals surface area contributed by atoms with Crippen LogP contribution in [0.1, 0.15) is 11.7 Å². The molecule has 0 radical (unpaired) electrons. The Morgan fingerprint density at radius 3 is 2.36 bits per heavy atom. The van der Waals surface area contributed by atoms with Crippen LogP contribution < -0.4 is 5.73 Å². The van der Waals surface area contributed by atoms with E-state index in [2.05, 4.69) is 5.18 Å². The first-order chi connectivity index (χ1) is 5.24. The number of nitrogens with zero attached hydrogens (tertiary/aromatic N) is 1. The van der Waals surface area contributed by atoms with E-state index < -0.39 is 6.17 Å². The fraction of sp³-hybridized carbons (Fsp3) is 0.143. The number of halogens is 1. The van der Waals surface area contributed by atoms with Crippen molar-refractivity contribution in [3.8, 4) is 0 Å². The minimum Gasteiger partial charge on any atom is -0.303 e. The van der Waals surface area contributed by atoms with Crippen molar-refractivity contribution in [2.24, 2.45) is 10.9 Å². The van der Waals surface area contributed by atoms with Gasteiger partial charge in [0.25, 0.3) is 0 Å². The molecule has 3 nitrogen and oxygen atoms in total. The van der Waals surface area contributed by atoms with Crippen molar-refractivity contribution >= 4 is 0 Å². The fourth-order valence-corrected chi connectivity index (χ4v) is 0.721. The zero-order valence-corrected chi connectivity index (χ0v) is 5.70. The Morgan fingerprint density at radius 1 is 1.36 bits per heavy atom. The largest absolute Gasteiger partial charge is 0.303 e. The molecule has 0 aromatic heterocycles. The third kappa shape index (κ3) is 1.81. The van der Waals surface area contributed by atoms with Crippen LogP contribution in [0.5, 0.6) is 0 Å². The first-order valence-electron chi connectivity index (χ1n) is 3.07. The number of hydrogen-bond donors (Lipinski definition) is 1. The Bertz CT molecular complexity index is 247. The summed E-state index contributed by atoms with van der Waals surface area (Å²) >= 11 is 0. The van der Waals surface area contributed by atoms with Gasteiger partial charge in [-0.15, -0.1) is 4.91 Å². The number of benzene rings is 1. The van der Waals surface area contributed by atoms with Crippen molar-refractivity contribution in [3.05, 3.63) is 40.6 Å². The van der Waals surface area contributed by atoms with Crippen LogP contribution in [0.2, 0.25) is 0 Å². The monoisotopic (exact) mass is 154 g/mol. The molecule has 2 N–H and O–H groups in total. The van der Waals surface area contributed by atoms with E-state index in [0.717, 1.165) is 0 Å². The Balaban J connectivity index is 2.89. The number of hydrogen-bond acceptors (Lipinski definition) is 3. The molecule has 0 amide bonds. The summed E-state index contributed by atoms with van der Waals surface area (Å²) in [6.07, 6.45) is -0.893. The number of rotatable bonds is 2. The van der Waals surface area contributed by atoms with Gasteiger partial charge in [0.15, 0.2) is 6.17 Å². The summed E-state index contributed by atoms with van der Waals surface area (Å²) in [4.78, 5) is 9.92. The third-order valence-electron chi connectivity index (χ3n) is 1.33. The van der Waals surface area contributed by atoms with E-state index in [1.54, 1.807) is 0 Å². The SMILES string of the molecule is NC(N=O)c1ccc(F)cc1. The van der Waals surface area contributed by atoms with E-state index in [-0.39, 0.29) is 5.82 Å². The summed E-state index contributed by atoms with van der Waals surface area (Å²) in [5, 5.41) is 2.59. The first-order valence-corrected chi connectivity index (χ1v) is 3.07. The number of nitrogens with two attached hydrogens (primary N) is 1. The van der Waals surface area contributed by atoms with Gasteiger partial charge in [0.2, 0.25) is 0 Å². The lowest BCUT2D eigenvalue weighted by Crippen LogP contribution is -2.05. The maximum atomic E-state index is 12.3. The molecule has 4 heteroatoms. The second kappa shape index (κ2) is 3.21. The lowest BCUT2D eigenvalue weighted by atomic mass is 10.2. The topological polar surface area (TPSA) is 55.4 Å². The molecule has 1 unspecified atom stereocenters. The molecule has 0 aliphatic carbocycles. The first kappa shape index (κ1) is 7.81. The van der Waals surface area contributed by atoms with Gasteiger partial charge < -0.3 is 5.73 Å². The van der Waals surface area contributed by atoms with Crippen LogP contribution in [-0.2, 0) is 0 Å². The minimum absolute atomic E-state index is 0.355. The van der Waals surface area contributed by atoms with E-state index in [9.17, 15) is 9.30 Å². The van der Waals surface area contributed by atoms with Crippen molar-refractivity contribution in [1.82, 2.24) is 0 Å². The minimum atomic E-state index is -0.893. The molecule has 1 rings (SSSR count). The summed E-state index contributed by atoms with van der Waals surface area (Å²) in [5.74, 6) is -0.355. The third-order valence-corrected chi connectivity index (χ3v) is 1.33.